The van der Waals surface area contributed by atoms with Gasteiger partial charge in [0.25, 0.3) is 0 Å². The van der Waals surface area contributed by atoms with E-state index < -0.39 is 11.3 Å². The molecule has 34 heavy (non-hydrogen) atoms. The van der Waals surface area contributed by atoms with Crippen molar-refractivity contribution in [3.63, 3.8) is 0 Å². The molecule has 7 heteroatoms. The largest absolute Gasteiger partial charge is 0.493 e. The molecule has 0 fully saturated rings. The monoisotopic (exact) mass is 474 g/mol. The SMILES string of the molecule is COc1cccc2cc(-c3cc(=O)oc4c(C)c(OCc5ccc(Cl)cc5)ccc34)c(=O)oc12. The smallest absolute Gasteiger partial charge is 0.344 e. The molecule has 0 aliphatic rings. The summed E-state index contributed by atoms with van der Waals surface area (Å²) in [6, 6.07) is 19.2. The van der Waals surface area contributed by atoms with Gasteiger partial charge in [0.1, 0.15) is 17.9 Å². The molecule has 0 unspecified atom stereocenters. The zero-order valence-electron chi connectivity index (χ0n) is 18.4. The molecule has 6 nitrogen and oxygen atoms in total. The first-order chi connectivity index (χ1) is 16.4. The Morgan fingerprint density at radius 1 is 0.853 bits per heavy atom. The van der Waals surface area contributed by atoms with Crippen molar-refractivity contribution < 1.29 is 18.3 Å². The second-order valence-electron chi connectivity index (χ2n) is 7.79. The highest BCUT2D eigenvalue weighted by atomic mass is 35.5. The molecule has 2 aromatic heterocycles. The molecule has 0 aliphatic heterocycles. The topological polar surface area (TPSA) is 78.9 Å². The normalized spacial score (nSPS) is 11.1. The van der Waals surface area contributed by atoms with E-state index in [2.05, 4.69) is 0 Å². The van der Waals surface area contributed by atoms with Crippen molar-refractivity contribution in [1.82, 2.24) is 0 Å². The minimum Gasteiger partial charge on any atom is -0.493 e. The highest BCUT2D eigenvalue weighted by Gasteiger charge is 2.17. The van der Waals surface area contributed by atoms with E-state index in [0.717, 1.165) is 5.56 Å². The fourth-order valence-electron chi connectivity index (χ4n) is 3.93. The molecule has 0 N–H and O–H groups in total. The third kappa shape index (κ3) is 3.93. The minimum absolute atomic E-state index is 0.257. The van der Waals surface area contributed by atoms with Gasteiger partial charge in [-0.1, -0.05) is 35.9 Å². The number of hydrogen-bond acceptors (Lipinski definition) is 6. The number of fused-ring (bicyclic) bond motifs is 2. The van der Waals surface area contributed by atoms with Crippen LogP contribution in [0.4, 0.5) is 0 Å². The van der Waals surface area contributed by atoms with Crippen molar-refractivity contribution >= 4 is 33.5 Å². The quantitative estimate of drug-likeness (QED) is 0.286. The number of methoxy groups -OCH3 is 1. The van der Waals surface area contributed by atoms with Gasteiger partial charge in [-0.15, -0.1) is 0 Å². The first-order valence-corrected chi connectivity index (χ1v) is 10.9. The third-order valence-electron chi connectivity index (χ3n) is 5.65. The highest BCUT2D eigenvalue weighted by molar-refractivity contribution is 6.30. The van der Waals surface area contributed by atoms with Gasteiger partial charge in [-0.3, -0.25) is 0 Å². The summed E-state index contributed by atoms with van der Waals surface area (Å²) in [4.78, 5) is 25.4. The molecule has 170 valence electrons. The van der Waals surface area contributed by atoms with Crippen LogP contribution in [0.1, 0.15) is 11.1 Å². The van der Waals surface area contributed by atoms with Crippen molar-refractivity contribution in [3.05, 3.63) is 104 Å². The van der Waals surface area contributed by atoms with Crippen molar-refractivity contribution in [2.45, 2.75) is 13.5 Å². The van der Waals surface area contributed by atoms with E-state index in [1.54, 1.807) is 49.4 Å². The fourth-order valence-corrected chi connectivity index (χ4v) is 4.06. The number of halogens is 1. The molecule has 0 bridgehead atoms. The van der Waals surface area contributed by atoms with Crippen LogP contribution in [-0.4, -0.2) is 7.11 Å². The van der Waals surface area contributed by atoms with E-state index in [1.165, 1.54) is 13.2 Å². The molecule has 0 radical (unpaired) electrons. The number of aryl methyl sites for hydroxylation is 1. The summed E-state index contributed by atoms with van der Waals surface area (Å²) in [5.74, 6) is 1.02. The van der Waals surface area contributed by atoms with Crippen LogP contribution in [0.5, 0.6) is 11.5 Å². The van der Waals surface area contributed by atoms with Crippen molar-refractivity contribution in [1.29, 1.82) is 0 Å². The standard InChI is InChI=1S/C27H19ClO6/c1-15-22(32-14-16-6-8-18(28)9-7-16)11-10-19-20(13-24(29)33-25(15)19)21-12-17-4-3-5-23(31-2)26(17)34-27(21)30/h3-13H,14H2,1-2H3. The van der Waals surface area contributed by atoms with E-state index in [0.29, 0.717) is 56.2 Å². The lowest BCUT2D eigenvalue weighted by Crippen LogP contribution is -2.07. The Bertz CT molecular complexity index is 1650. The fraction of sp³-hybridized carbons (Fsp3) is 0.111. The van der Waals surface area contributed by atoms with E-state index in [-0.39, 0.29) is 5.56 Å². The summed E-state index contributed by atoms with van der Waals surface area (Å²) in [5.41, 5.74) is 1.82. The number of para-hydroxylation sites is 1. The maximum atomic E-state index is 12.9. The van der Waals surface area contributed by atoms with Crippen LogP contribution in [-0.2, 0) is 6.61 Å². The first-order valence-electron chi connectivity index (χ1n) is 10.5. The molecule has 5 rings (SSSR count). The van der Waals surface area contributed by atoms with Gasteiger partial charge >= 0.3 is 11.3 Å². The molecule has 0 saturated carbocycles. The lowest BCUT2D eigenvalue weighted by molar-refractivity contribution is 0.304. The Morgan fingerprint density at radius 2 is 1.65 bits per heavy atom. The van der Waals surface area contributed by atoms with Crippen molar-refractivity contribution in [3.8, 4) is 22.6 Å². The zero-order valence-corrected chi connectivity index (χ0v) is 19.1. The van der Waals surface area contributed by atoms with E-state index in [4.69, 9.17) is 29.9 Å². The summed E-state index contributed by atoms with van der Waals surface area (Å²) in [6.07, 6.45) is 0. The van der Waals surface area contributed by atoms with E-state index >= 15 is 0 Å². The second-order valence-corrected chi connectivity index (χ2v) is 8.22. The number of ether oxygens (including phenoxy) is 2. The molecule has 5 aromatic rings. The molecule has 0 spiro atoms. The Morgan fingerprint density at radius 3 is 2.41 bits per heavy atom. The molecule has 0 aliphatic carbocycles. The number of benzene rings is 3. The van der Waals surface area contributed by atoms with Crippen LogP contribution in [0.15, 0.2) is 85.2 Å². The lowest BCUT2D eigenvalue weighted by Gasteiger charge is -2.13. The van der Waals surface area contributed by atoms with Crippen LogP contribution in [0.3, 0.4) is 0 Å². The zero-order chi connectivity index (χ0) is 23.8. The Hall–Kier alpha value is -4.03. The predicted octanol–water partition coefficient (Wildman–Crippen LogP) is 6.12. The predicted molar refractivity (Wildman–Crippen MR) is 131 cm³/mol. The second kappa shape index (κ2) is 8.72. The van der Waals surface area contributed by atoms with Crippen molar-refractivity contribution in [2.75, 3.05) is 7.11 Å². The van der Waals surface area contributed by atoms with Crippen LogP contribution in [0.2, 0.25) is 5.02 Å². The molecule has 0 saturated heterocycles. The van der Waals surface area contributed by atoms with Gasteiger partial charge in [-0.2, -0.15) is 0 Å². The maximum absolute atomic E-state index is 12.9. The summed E-state index contributed by atoms with van der Waals surface area (Å²) < 4.78 is 22.3. The average Bonchev–Trinajstić information content (AvgIpc) is 2.84. The first kappa shape index (κ1) is 21.8. The van der Waals surface area contributed by atoms with E-state index in [9.17, 15) is 9.59 Å². The van der Waals surface area contributed by atoms with Crippen molar-refractivity contribution in [2.24, 2.45) is 0 Å². The van der Waals surface area contributed by atoms with Gasteiger partial charge in [0.2, 0.25) is 0 Å². The number of rotatable bonds is 5. The van der Waals surface area contributed by atoms with Crippen LogP contribution < -0.4 is 20.7 Å². The summed E-state index contributed by atoms with van der Waals surface area (Å²) in [6.45, 7) is 2.13. The van der Waals surface area contributed by atoms with Gasteiger partial charge in [0, 0.05) is 33.0 Å². The lowest BCUT2D eigenvalue weighted by atomic mass is 10.0. The van der Waals surface area contributed by atoms with Crippen LogP contribution in [0, 0.1) is 6.92 Å². The molecular formula is C27H19ClO6. The molecule has 0 amide bonds. The molecule has 3 aromatic carbocycles. The average molecular weight is 475 g/mol. The van der Waals surface area contributed by atoms with Crippen LogP contribution in [0.25, 0.3) is 33.1 Å². The summed E-state index contributed by atoms with van der Waals surface area (Å²) in [7, 11) is 1.51. The minimum atomic E-state index is -0.579. The van der Waals surface area contributed by atoms with E-state index in [1.807, 2.05) is 18.2 Å². The highest BCUT2D eigenvalue weighted by Crippen LogP contribution is 2.34. The summed E-state index contributed by atoms with van der Waals surface area (Å²) in [5, 5.41) is 1.93. The van der Waals surface area contributed by atoms with Gasteiger partial charge in [0.05, 0.1) is 12.7 Å². The Kier molecular flexibility index (Phi) is 5.59. The maximum Gasteiger partial charge on any atom is 0.344 e. The molecule has 0 atom stereocenters. The third-order valence-corrected chi connectivity index (χ3v) is 5.90. The van der Waals surface area contributed by atoms with Gasteiger partial charge in [0.15, 0.2) is 11.3 Å². The van der Waals surface area contributed by atoms with Gasteiger partial charge in [-0.05, 0) is 48.9 Å². The molecular weight excluding hydrogens is 456 g/mol. The molecule has 2 heterocycles. The van der Waals surface area contributed by atoms with Crippen LogP contribution >= 0.6 is 11.6 Å². The summed E-state index contributed by atoms with van der Waals surface area (Å²) >= 11 is 5.94. The number of hydrogen-bond donors (Lipinski definition) is 0. The Balaban J connectivity index is 1.61. The van der Waals surface area contributed by atoms with Gasteiger partial charge in [-0.25, -0.2) is 9.59 Å². The Labute approximate surface area is 198 Å². The van der Waals surface area contributed by atoms with Gasteiger partial charge < -0.3 is 18.3 Å².